The highest BCUT2D eigenvalue weighted by Crippen LogP contribution is 2.26. The Morgan fingerprint density at radius 1 is 0.938 bits per heavy atom. The molecule has 0 saturated heterocycles. The molecule has 3 aromatic carbocycles. The third kappa shape index (κ3) is 3.74. The minimum atomic E-state index is -0.256. The first-order valence-electron chi connectivity index (χ1n) is 10.2. The molecule has 0 spiro atoms. The van der Waals surface area contributed by atoms with Crippen LogP contribution in [0.4, 0.5) is 10.1 Å². The quantitative estimate of drug-likeness (QED) is 0.340. The molecule has 0 bridgehead atoms. The van der Waals surface area contributed by atoms with Crippen molar-refractivity contribution < 1.29 is 4.39 Å². The summed E-state index contributed by atoms with van der Waals surface area (Å²) in [5, 5.41) is 0.675. The maximum atomic E-state index is 13.4. The van der Waals surface area contributed by atoms with Crippen LogP contribution in [0.3, 0.4) is 0 Å². The molecular formula is C25H21ClFN5. The minimum Gasteiger partial charge on any atom is -0.367 e. The van der Waals surface area contributed by atoms with E-state index < -0.39 is 0 Å². The standard InChI is InChI=1S/C25H21ClFN5/c1-30(19-13-9-18(27)10-14-19)16-24-28-22(15-32(24)20-11-7-17(26)8-12-20)25-29-21-5-3-4-6-23(21)31(25)2/h3-15H,16H2,1-2H3. The highest BCUT2D eigenvalue weighted by Gasteiger charge is 2.18. The lowest BCUT2D eigenvalue weighted by Gasteiger charge is -2.19. The summed E-state index contributed by atoms with van der Waals surface area (Å²) in [5.74, 6) is 1.37. The second kappa shape index (κ2) is 8.13. The smallest absolute Gasteiger partial charge is 0.161 e. The number of aryl methyl sites for hydroxylation is 1. The van der Waals surface area contributed by atoms with Crippen LogP contribution in [0.25, 0.3) is 28.2 Å². The highest BCUT2D eigenvalue weighted by atomic mass is 35.5. The average molecular weight is 446 g/mol. The summed E-state index contributed by atoms with van der Waals surface area (Å²) >= 11 is 6.11. The fourth-order valence-electron chi connectivity index (χ4n) is 3.84. The zero-order chi connectivity index (χ0) is 22.2. The summed E-state index contributed by atoms with van der Waals surface area (Å²) in [6.45, 7) is 0.526. The molecule has 5 rings (SSSR count). The van der Waals surface area contributed by atoms with Gasteiger partial charge < -0.3 is 14.0 Å². The van der Waals surface area contributed by atoms with Crippen LogP contribution in [0.2, 0.25) is 5.02 Å². The van der Waals surface area contributed by atoms with E-state index in [9.17, 15) is 4.39 Å². The van der Waals surface area contributed by atoms with Crippen molar-refractivity contribution in [3.63, 3.8) is 0 Å². The molecule has 0 atom stereocenters. The van der Waals surface area contributed by atoms with E-state index in [1.165, 1.54) is 12.1 Å². The molecule has 0 unspecified atom stereocenters. The summed E-state index contributed by atoms with van der Waals surface area (Å²) in [6, 6.07) is 22.1. The predicted octanol–water partition coefficient (Wildman–Crippen LogP) is 5.85. The number of benzene rings is 3. The van der Waals surface area contributed by atoms with Crippen LogP contribution < -0.4 is 4.90 Å². The number of imidazole rings is 2. The Bertz CT molecular complexity index is 1390. The third-order valence-electron chi connectivity index (χ3n) is 5.55. The molecule has 2 aromatic heterocycles. The number of halogens is 2. The second-order valence-electron chi connectivity index (χ2n) is 7.70. The lowest BCUT2D eigenvalue weighted by molar-refractivity contribution is 0.627. The predicted molar refractivity (Wildman–Crippen MR) is 127 cm³/mol. The molecule has 5 aromatic rings. The summed E-state index contributed by atoms with van der Waals surface area (Å²) in [6.07, 6.45) is 2.00. The third-order valence-corrected chi connectivity index (χ3v) is 5.80. The van der Waals surface area contributed by atoms with Gasteiger partial charge in [0.05, 0.1) is 17.6 Å². The Morgan fingerprint density at radius 2 is 1.66 bits per heavy atom. The van der Waals surface area contributed by atoms with Crippen molar-refractivity contribution in [3.8, 4) is 17.2 Å². The minimum absolute atomic E-state index is 0.256. The van der Waals surface area contributed by atoms with Gasteiger partial charge in [-0.1, -0.05) is 23.7 Å². The van der Waals surface area contributed by atoms with Gasteiger partial charge in [-0.2, -0.15) is 0 Å². The summed E-state index contributed by atoms with van der Waals surface area (Å²) in [4.78, 5) is 11.8. The van der Waals surface area contributed by atoms with E-state index >= 15 is 0 Å². The summed E-state index contributed by atoms with van der Waals surface area (Å²) in [7, 11) is 3.96. The van der Waals surface area contributed by atoms with E-state index in [2.05, 4.69) is 4.57 Å². The molecule has 160 valence electrons. The first-order valence-corrected chi connectivity index (χ1v) is 10.6. The molecule has 0 fully saturated rings. The number of rotatable bonds is 5. The van der Waals surface area contributed by atoms with Crippen molar-refractivity contribution in [1.82, 2.24) is 19.1 Å². The number of para-hydroxylation sites is 2. The number of hydrogen-bond donors (Lipinski definition) is 0. The van der Waals surface area contributed by atoms with Crippen molar-refractivity contribution in [2.24, 2.45) is 7.05 Å². The first kappa shape index (κ1) is 20.3. The molecule has 2 heterocycles. The van der Waals surface area contributed by atoms with Gasteiger partial charge in [0, 0.05) is 36.7 Å². The van der Waals surface area contributed by atoms with Crippen molar-refractivity contribution in [2.45, 2.75) is 6.54 Å². The molecule has 7 heteroatoms. The van der Waals surface area contributed by atoms with E-state index in [1.54, 1.807) is 12.1 Å². The lowest BCUT2D eigenvalue weighted by atomic mass is 10.3. The number of anilines is 1. The van der Waals surface area contributed by atoms with Crippen LogP contribution in [0.5, 0.6) is 0 Å². The van der Waals surface area contributed by atoms with Crippen LogP contribution >= 0.6 is 11.6 Å². The molecule has 0 amide bonds. The topological polar surface area (TPSA) is 38.9 Å². The maximum Gasteiger partial charge on any atom is 0.161 e. The Hall–Kier alpha value is -3.64. The lowest BCUT2D eigenvalue weighted by Crippen LogP contribution is -2.19. The summed E-state index contributed by atoms with van der Waals surface area (Å²) < 4.78 is 17.5. The molecule has 5 nitrogen and oxygen atoms in total. The van der Waals surface area contributed by atoms with Crippen LogP contribution in [-0.4, -0.2) is 26.1 Å². The Labute approximate surface area is 190 Å². The monoisotopic (exact) mass is 445 g/mol. The van der Waals surface area contributed by atoms with Crippen molar-refractivity contribution in [3.05, 3.63) is 95.7 Å². The van der Waals surface area contributed by atoms with Gasteiger partial charge in [0.2, 0.25) is 0 Å². The molecule has 0 aliphatic rings. The fourth-order valence-corrected chi connectivity index (χ4v) is 3.96. The number of fused-ring (bicyclic) bond motifs is 1. The van der Waals surface area contributed by atoms with Crippen LogP contribution in [0.15, 0.2) is 79.0 Å². The van der Waals surface area contributed by atoms with Gasteiger partial charge in [0.1, 0.15) is 17.3 Å². The van der Waals surface area contributed by atoms with Gasteiger partial charge in [0.25, 0.3) is 0 Å². The normalized spacial score (nSPS) is 11.2. The van der Waals surface area contributed by atoms with Gasteiger partial charge in [-0.15, -0.1) is 0 Å². The fraction of sp³-hybridized carbons (Fsp3) is 0.120. The summed E-state index contributed by atoms with van der Waals surface area (Å²) in [5.41, 5.74) is 4.61. The first-order chi connectivity index (χ1) is 15.5. The average Bonchev–Trinajstić information content (AvgIpc) is 3.36. The van der Waals surface area contributed by atoms with E-state index in [4.69, 9.17) is 21.6 Å². The molecule has 0 N–H and O–H groups in total. The zero-order valence-corrected chi connectivity index (χ0v) is 18.5. The Kier molecular flexibility index (Phi) is 5.15. The van der Waals surface area contributed by atoms with E-state index in [0.717, 1.165) is 39.8 Å². The molecule has 0 aliphatic carbocycles. The van der Waals surface area contributed by atoms with Crippen LogP contribution in [0, 0.1) is 5.82 Å². The van der Waals surface area contributed by atoms with Gasteiger partial charge in [-0.05, 0) is 60.7 Å². The van der Waals surface area contributed by atoms with Gasteiger partial charge in [-0.25, -0.2) is 14.4 Å². The van der Waals surface area contributed by atoms with Crippen molar-refractivity contribution in [2.75, 3.05) is 11.9 Å². The van der Waals surface area contributed by atoms with E-state index in [0.29, 0.717) is 11.6 Å². The van der Waals surface area contributed by atoms with Crippen molar-refractivity contribution >= 4 is 28.3 Å². The number of hydrogen-bond acceptors (Lipinski definition) is 3. The number of aromatic nitrogens is 4. The largest absolute Gasteiger partial charge is 0.367 e. The molecule has 0 aliphatic heterocycles. The Morgan fingerprint density at radius 3 is 2.38 bits per heavy atom. The van der Waals surface area contributed by atoms with Gasteiger partial charge in [-0.3, -0.25) is 0 Å². The van der Waals surface area contributed by atoms with Crippen LogP contribution in [0.1, 0.15) is 5.82 Å². The Balaban J connectivity index is 1.59. The molecule has 0 radical (unpaired) electrons. The van der Waals surface area contributed by atoms with Crippen LogP contribution in [-0.2, 0) is 13.6 Å². The maximum absolute atomic E-state index is 13.4. The SMILES string of the molecule is CN(Cc1nc(-c2nc3ccccc3n2C)cn1-c1ccc(Cl)cc1)c1ccc(F)cc1. The molecule has 32 heavy (non-hydrogen) atoms. The van der Waals surface area contributed by atoms with E-state index in [-0.39, 0.29) is 5.82 Å². The van der Waals surface area contributed by atoms with Crippen molar-refractivity contribution in [1.29, 1.82) is 0 Å². The second-order valence-corrected chi connectivity index (χ2v) is 8.14. The van der Waals surface area contributed by atoms with E-state index in [1.807, 2.05) is 78.3 Å². The van der Waals surface area contributed by atoms with Gasteiger partial charge in [0.15, 0.2) is 5.82 Å². The molecular weight excluding hydrogens is 425 g/mol. The molecule has 0 saturated carbocycles. The van der Waals surface area contributed by atoms with Gasteiger partial charge >= 0.3 is 0 Å². The highest BCUT2D eigenvalue weighted by molar-refractivity contribution is 6.30. The zero-order valence-electron chi connectivity index (χ0n) is 17.7. The number of nitrogens with zero attached hydrogens (tertiary/aromatic N) is 5.